The van der Waals surface area contributed by atoms with E-state index in [9.17, 15) is 0 Å². The number of fused-ring (bicyclic) bond motifs is 3. The standard InChI is InChI=1S/C57H49N/c1-40-24-25-46(47-30-31-56-54(39-47)52-22-11-12-23-55(52)58(56)50-32-34-57(2,35-33-50)49-19-7-4-8-20-49)38-53(40)51-21-10-9-17-48(51)37-41-14-13-18-45(36-41)44-28-26-43(27-29-44)42-15-5-3-6-16-42/h4-5,7-29,31-34,36,38-39,47H,3,6,30,35,37H2,1-2H3. The summed E-state index contributed by atoms with van der Waals surface area (Å²) in [6.45, 7) is 4.61. The Morgan fingerprint density at radius 2 is 1.47 bits per heavy atom. The molecule has 0 saturated carbocycles. The molecule has 10 rings (SSSR count). The molecule has 3 aliphatic rings. The summed E-state index contributed by atoms with van der Waals surface area (Å²) in [6.07, 6.45) is 24.2. The van der Waals surface area contributed by atoms with E-state index < -0.39 is 0 Å². The van der Waals surface area contributed by atoms with Gasteiger partial charge in [-0.25, -0.2) is 0 Å². The smallest absolute Gasteiger partial charge is 0.0540 e. The van der Waals surface area contributed by atoms with Crippen molar-refractivity contribution in [2.45, 2.75) is 57.3 Å². The Balaban J connectivity index is 0.946. The topological polar surface area (TPSA) is 4.93 Å². The summed E-state index contributed by atoms with van der Waals surface area (Å²) < 4.78 is 2.49. The fourth-order valence-electron chi connectivity index (χ4n) is 9.46. The Kier molecular flexibility index (Phi) is 9.38. The van der Waals surface area contributed by atoms with Gasteiger partial charge in [0, 0.05) is 33.0 Å². The number of para-hydroxylation sites is 1. The number of aromatic nitrogens is 1. The highest BCUT2D eigenvalue weighted by Gasteiger charge is 2.26. The zero-order chi connectivity index (χ0) is 39.1. The fraction of sp³-hybridized carbons (Fsp3) is 0.158. The molecule has 3 aliphatic carbocycles. The number of allylic oxidation sites excluding steroid dienone is 8. The molecule has 2 unspecified atom stereocenters. The monoisotopic (exact) mass is 747 g/mol. The van der Waals surface area contributed by atoms with E-state index in [0.717, 1.165) is 32.1 Å². The average Bonchev–Trinajstić information content (AvgIpc) is 3.61. The molecular weight excluding hydrogens is 699 g/mol. The van der Waals surface area contributed by atoms with Gasteiger partial charge in [0.05, 0.1) is 5.52 Å². The van der Waals surface area contributed by atoms with E-state index in [1.165, 1.54) is 88.4 Å². The summed E-state index contributed by atoms with van der Waals surface area (Å²) in [6, 6.07) is 54.2. The molecule has 0 saturated heterocycles. The van der Waals surface area contributed by atoms with Crippen molar-refractivity contribution in [1.82, 2.24) is 4.57 Å². The second-order valence-corrected chi connectivity index (χ2v) is 16.6. The average molecular weight is 748 g/mol. The van der Waals surface area contributed by atoms with Crippen molar-refractivity contribution in [1.29, 1.82) is 0 Å². The highest BCUT2D eigenvalue weighted by atomic mass is 15.0. The quantitative estimate of drug-likeness (QED) is 0.146. The maximum Gasteiger partial charge on any atom is 0.0540 e. The number of benzene rings is 6. The van der Waals surface area contributed by atoms with E-state index in [1.54, 1.807) is 0 Å². The molecule has 1 nitrogen and oxygen atoms in total. The van der Waals surface area contributed by atoms with Crippen molar-refractivity contribution < 1.29 is 0 Å². The van der Waals surface area contributed by atoms with Crippen LogP contribution in [0.25, 0.3) is 56.6 Å². The van der Waals surface area contributed by atoms with Crippen molar-refractivity contribution in [2.24, 2.45) is 0 Å². The minimum atomic E-state index is -0.00202. The van der Waals surface area contributed by atoms with E-state index in [0.29, 0.717) is 5.92 Å². The van der Waals surface area contributed by atoms with Crippen LogP contribution in [0.1, 0.15) is 71.9 Å². The summed E-state index contributed by atoms with van der Waals surface area (Å²) in [4.78, 5) is 0. The normalized spacial score (nSPS) is 18.6. The molecule has 282 valence electrons. The van der Waals surface area contributed by atoms with E-state index in [-0.39, 0.29) is 5.41 Å². The molecule has 0 aliphatic heterocycles. The lowest BCUT2D eigenvalue weighted by atomic mass is 9.77. The van der Waals surface area contributed by atoms with Gasteiger partial charge in [-0.1, -0.05) is 189 Å². The van der Waals surface area contributed by atoms with Crippen LogP contribution in [0.5, 0.6) is 0 Å². The maximum absolute atomic E-state index is 2.54. The zero-order valence-electron chi connectivity index (χ0n) is 33.5. The van der Waals surface area contributed by atoms with Crippen LogP contribution >= 0.6 is 0 Å². The van der Waals surface area contributed by atoms with Gasteiger partial charge in [-0.15, -0.1) is 0 Å². The summed E-state index contributed by atoms with van der Waals surface area (Å²) in [5, 5.41) is 3.97. The Morgan fingerprint density at radius 1 is 0.655 bits per heavy atom. The molecule has 1 heteroatoms. The first-order chi connectivity index (χ1) is 28.5. The molecule has 0 fully saturated rings. The summed E-state index contributed by atoms with van der Waals surface area (Å²) in [5.41, 5.74) is 17.0. The van der Waals surface area contributed by atoms with Crippen LogP contribution < -0.4 is 10.6 Å². The van der Waals surface area contributed by atoms with E-state index in [1.807, 2.05) is 0 Å². The van der Waals surface area contributed by atoms with Crippen molar-refractivity contribution >= 4 is 34.3 Å². The molecule has 6 aromatic carbocycles. The van der Waals surface area contributed by atoms with Crippen LogP contribution in [0.4, 0.5) is 0 Å². The summed E-state index contributed by atoms with van der Waals surface area (Å²) >= 11 is 0. The Bertz CT molecular complexity index is 2930. The minimum Gasteiger partial charge on any atom is -0.310 e. The molecule has 0 amide bonds. The first kappa shape index (κ1) is 35.9. The van der Waals surface area contributed by atoms with E-state index in [4.69, 9.17) is 0 Å². The molecule has 1 aromatic heterocycles. The molecule has 7 aromatic rings. The van der Waals surface area contributed by atoms with Crippen LogP contribution in [0.2, 0.25) is 0 Å². The number of hydrogen-bond acceptors (Lipinski definition) is 0. The SMILES string of the molecule is Cc1ccc(C2C=c3c(n(C4=CCC(C)(c5ccccc5)C=C4)c4ccccc34)=CC2)cc1-c1ccccc1Cc1cccc(-c2ccc(C3=CCCC=C3)cc2)c1. The molecular formula is C57H49N. The zero-order valence-corrected chi connectivity index (χ0v) is 33.5. The number of rotatable bonds is 8. The van der Waals surface area contributed by atoms with Crippen LogP contribution in [-0.4, -0.2) is 4.57 Å². The van der Waals surface area contributed by atoms with Gasteiger partial charge in [-0.05, 0) is 112 Å². The van der Waals surface area contributed by atoms with Crippen molar-refractivity contribution in [2.75, 3.05) is 0 Å². The lowest BCUT2D eigenvalue weighted by Crippen LogP contribution is -2.32. The molecule has 1 heterocycles. The second-order valence-electron chi connectivity index (χ2n) is 16.6. The van der Waals surface area contributed by atoms with Crippen LogP contribution in [0, 0.1) is 6.92 Å². The molecule has 2 atom stereocenters. The van der Waals surface area contributed by atoms with Crippen LogP contribution in [0.15, 0.2) is 182 Å². The van der Waals surface area contributed by atoms with Gasteiger partial charge >= 0.3 is 0 Å². The fourth-order valence-corrected chi connectivity index (χ4v) is 9.46. The van der Waals surface area contributed by atoms with Gasteiger partial charge in [0.25, 0.3) is 0 Å². The number of aryl methyl sites for hydroxylation is 1. The third kappa shape index (κ3) is 6.75. The van der Waals surface area contributed by atoms with Gasteiger partial charge < -0.3 is 4.57 Å². The number of nitrogens with zero attached hydrogens (tertiary/aromatic N) is 1. The van der Waals surface area contributed by atoms with E-state index >= 15 is 0 Å². The van der Waals surface area contributed by atoms with Crippen molar-refractivity contribution in [3.8, 4) is 22.3 Å². The Morgan fingerprint density at radius 3 is 2.29 bits per heavy atom. The highest BCUT2D eigenvalue weighted by Crippen LogP contribution is 2.37. The maximum atomic E-state index is 2.54. The molecule has 0 radical (unpaired) electrons. The summed E-state index contributed by atoms with van der Waals surface area (Å²) in [5.74, 6) is 0.295. The van der Waals surface area contributed by atoms with Crippen molar-refractivity contribution in [3.05, 3.63) is 226 Å². The second kappa shape index (κ2) is 15.1. The molecule has 0 spiro atoms. The van der Waals surface area contributed by atoms with Gasteiger partial charge in [0.1, 0.15) is 0 Å². The minimum absolute atomic E-state index is 0.00202. The predicted molar refractivity (Wildman–Crippen MR) is 247 cm³/mol. The molecule has 0 bridgehead atoms. The van der Waals surface area contributed by atoms with Gasteiger partial charge in [0.2, 0.25) is 0 Å². The predicted octanol–water partition coefficient (Wildman–Crippen LogP) is 13.1. The lowest BCUT2D eigenvalue weighted by Gasteiger charge is -2.29. The van der Waals surface area contributed by atoms with E-state index in [2.05, 4.69) is 213 Å². The third-order valence-corrected chi connectivity index (χ3v) is 12.8. The van der Waals surface area contributed by atoms with Gasteiger partial charge in [-0.3, -0.25) is 0 Å². The summed E-state index contributed by atoms with van der Waals surface area (Å²) in [7, 11) is 0. The Labute approximate surface area is 343 Å². The van der Waals surface area contributed by atoms with Crippen LogP contribution in [-0.2, 0) is 11.8 Å². The van der Waals surface area contributed by atoms with Crippen LogP contribution in [0.3, 0.4) is 0 Å². The first-order valence-corrected chi connectivity index (χ1v) is 21.0. The third-order valence-electron chi connectivity index (χ3n) is 12.8. The highest BCUT2D eigenvalue weighted by molar-refractivity contribution is 5.88. The Hall–Kier alpha value is -6.44. The molecule has 0 N–H and O–H groups in total. The largest absolute Gasteiger partial charge is 0.310 e. The number of hydrogen-bond donors (Lipinski definition) is 0. The van der Waals surface area contributed by atoms with Gasteiger partial charge in [0.15, 0.2) is 0 Å². The molecule has 58 heavy (non-hydrogen) atoms. The van der Waals surface area contributed by atoms with Gasteiger partial charge in [-0.2, -0.15) is 0 Å². The van der Waals surface area contributed by atoms with Crippen molar-refractivity contribution in [3.63, 3.8) is 0 Å². The first-order valence-electron chi connectivity index (χ1n) is 21.0. The lowest BCUT2D eigenvalue weighted by molar-refractivity contribution is 0.599.